The van der Waals surface area contributed by atoms with Crippen LogP contribution in [0.2, 0.25) is 0 Å². The van der Waals surface area contributed by atoms with Crippen LogP contribution in [0.4, 0.5) is 5.69 Å². The fraction of sp³-hybridized carbons (Fsp3) is 0.103. The zero-order valence-corrected chi connectivity index (χ0v) is 18.8. The Morgan fingerprint density at radius 1 is 0.906 bits per heavy atom. The van der Waals surface area contributed by atoms with Gasteiger partial charge in [0.15, 0.2) is 0 Å². The maximum Gasteiger partial charge on any atom is 0.137 e. The first kappa shape index (κ1) is 20.5. The van der Waals surface area contributed by atoms with Crippen LogP contribution >= 0.6 is 11.8 Å². The molecule has 0 spiro atoms. The van der Waals surface area contributed by atoms with Crippen LogP contribution < -0.4 is 5.32 Å². The van der Waals surface area contributed by atoms with E-state index in [9.17, 15) is 5.11 Å². The topological polar surface area (TPSA) is 32.3 Å². The van der Waals surface area contributed by atoms with E-state index in [2.05, 4.69) is 72.9 Å². The molecule has 5 rings (SSSR count). The quantitative estimate of drug-likeness (QED) is 0.301. The molecule has 158 valence electrons. The summed E-state index contributed by atoms with van der Waals surface area (Å²) in [5.74, 6) is 0.325. The van der Waals surface area contributed by atoms with Gasteiger partial charge in [0.1, 0.15) is 5.75 Å². The fourth-order valence-electron chi connectivity index (χ4n) is 3.97. The maximum absolute atomic E-state index is 11.0. The van der Waals surface area contributed by atoms with E-state index in [1.165, 1.54) is 16.7 Å². The summed E-state index contributed by atoms with van der Waals surface area (Å²) in [5, 5.41) is 16.7. The molecule has 1 aliphatic carbocycles. The molecule has 4 aromatic rings. The molecule has 0 saturated heterocycles. The molecule has 0 unspecified atom stereocenters. The molecular weight excluding hydrogens is 410 g/mol. The summed E-state index contributed by atoms with van der Waals surface area (Å²) in [4.78, 5) is 1.94. The lowest BCUT2D eigenvalue weighted by Gasteiger charge is -2.21. The van der Waals surface area contributed by atoms with Crippen LogP contribution in [0.1, 0.15) is 24.5 Å². The van der Waals surface area contributed by atoms with Crippen molar-refractivity contribution in [1.82, 2.24) is 0 Å². The lowest BCUT2D eigenvalue weighted by Crippen LogP contribution is -2.06. The number of rotatable bonds is 6. The second-order valence-corrected chi connectivity index (χ2v) is 9.03. The predicted molar refractivity (Wildman–Crippen MR) is 136 cm³/mol. The van der Waals surface area contributed by atoms with Gasteiger partial charge in [-0.15, -0.1) is 0 Å². The highest BCUT2D eigenvalue weighted by Crippen LogP contribution is 2.43. The van der Waals surface area contributed by atoms with Gasteiger partial charge in [-0.2, -0.15) is 0 Å². The van der Waals surface area contributed by atoms with Crippen molar-refractivity contribution in [3.05, 3.63) is 114 Å². The van der Waals surface area contributed by atoms with E-state index in [1.54, 1.807) is 11.8 Å². The smallest absolute Gasteiger partial charge is 0.137 e. The van der Waals surface area contributed by atoms with Gasteiger partial charge >= 0.3 is 0 Å². The van der Waals surface area contributed by atoms with Gasteiger partial charge in [0.25, 0.3) is 0 Å². The standard InChI is InChI=1S/C29H25NOS/c1-2-20-10-8-13-22(18-20)28(21-11-9-12-21)30-26-19-27(32-23-14-4-3-5-15-23)29(31)25-17-7-6-16-24(25)26/h3-11,13-19,30-31H,2,12H2,1H3/b28-21-. The molecule has 1 aliphatic rings. The third-order valence-electron chi connectivity index (χ3n) is 5.81. The molecule has 0 bridgehead atoms. The molecular formula is C29H25NOS. The molecule has 32 heavy (non-hydrogen) atoms. The van der Waals surface area contributed by atoms with E-state index in [1.807, 2.05) is 36.4 Å². The molecule has 0 radical (unpaired) electrons. The summed E-state index contributed by atoms with van der Waals surface area (Å²) in [5.41, 5.74) is 5.95. The number of phenols is 1. The van der Waals surface area contributed by atoms with Gasteiger partial charge in [0.2, 0.25) is 0 Å². The number of aromatic hydroxyl groups is 1. The Labute approximate surface area is 193 Å². The predicted octanol–water partition coefficient (Wildman–Crippen LogP) is 8.04. The second-order valence-electron chi connectivity index (χ2n) is 7.92. The minimum atomic E-state index is 0.325. The Bertz CT molecular complexity index is 1340. The van der Waals surface area contributed by atoms with E-state index in [0.29, 0.717) is 5.75 Å². The normalized spacial score (nSPS) is 14.3. The Hall–Kier alpha value is -3.43. The van der Waals surface area contributed by atoms with Gasteiger partial charge in [-0.05, 0) is 53.8 Å². The molecule has 0 amide bonds. The molecule has 2 N–H and O–H groups in total. The van der Waals surface area contributed by atoms with Crippen LogP contribution in [0, 0.1) is 0 Å². The Morgan fingerprint density at radius 2 is 1.66 bits per heavy atom. The molecule has 4 aromatic carbocycles. The molecule has 2 nitrogen and oxygen atoms in total. The highest BCUT2D eigenvalue weighted by atomic mass is 32.2. The van der Waals surface area contributed by atoms with Crippen molar-refractivity contribution in [3.63, 3.8) is 0 Å². The summed E-state index contributed by atoms with van der Waals surface area (Å²) in [7, 11) is 0. The van der Waals surface area contributed by atoms with E-state index in [4.69, 9.17) is 0 Å². The minimum absolute atomic E-state index is 0.325. The maximum atomic E-state index is 11.0. The average molecular weight is 436 g/mol. The third-order valence-corrected chi connectivity index (χ3v) is 6.85. The van der Waals surface area contributed by atoms with E-state index in [-0.39, 0.29) is 0 Å². The highest BCUT2D eigenvalue weighted by molar-refractivity contribution is 7.99. The van der Waals surface area contributed by atoms with Crippen LogP contribution in [0.15, 0.2) is 112 Å². The number of fused-ring (bicyclic) bond motifs is 1. The van der Waals surface area contributed by atoms with E-state index >= 15 is 0 Å². The Balaban J connectivity index is 1.62. The van der Waals surface area contributed by atoms with Gasteiger partial charge < -0.3 is 10.4 Å². The summed E-state index contributed by atoms with van der Waals surface area (Å²) >= 11 is 1.58. The van der Waals surface area contributed by atoms with Gasteiger partial charge in [0, 0.05) is 27.1 Å². The van der Waals surface area contributed by atoms with Gasteiger partial charge in [-0.1, -0.05) is 91.5 Å². The number of hydrogen-bond acceptors (Lipinski definition) is 3. The molecule has 0 aromatic heterocycles. The summed E-state index contributed by atoms with van der Waals surface area (Å²) in [6.07, 6.45) is 6.34. The first-order chi connectivity index (χ1) is 15.7. The number of phenolic OH excluding ortho intramolecular Hbond substituents is 1. The largest absolute Gasteiger partial charge is 0.506 e. The van der Waals surface area contributed by atoms with Crippen molar-refractivity contribution in [1.29, 1.82) is 0 Å². The molecule has 0 saturated carbocycles. The van der Waals surface area contributed by atoms with Crippen LogP contribution in [0.25, 0.3) is 16.5 Å². The van der Waals surface area contributed by atoms with Crippen molar-refractivity contribution in [3.8, 4) is 5.75 Å². The first-order valence-corrected chi connectivity index (χ1v) is 11.8. The zero-order valence-electron chi connectivity index (χ0n) is 18.0. The Kier molecular flexibility index (Phi) is 5.74. The molecule has 3 heteroatoms. The SMILES string of the molecule is CCc1cccc(/C(Nc2cc(Sc3ccccc3)c(O)c3ccccc23)=C2\C=CC2)c1. The first-order valence-electron chi connectivity index (χ1n) is 11.0. The van der Waals surface area contributed by atoms with Crippen molar-refractivity contribution >= 4 is 33.9 Å². The van der Waals surface area contributed by atoms with Crippen LogP contribution in [0.5, 0.6) is 5.75 Å². The number of hydrogen-bond donors (Lipinski definition) is 2. The molecule has 0 aliphatic heterocycles. The molecule has 0 heterocycles. The van der Waals surface area contributed by atoms with E-state index < -0.39 is 0 Å². The third kappa shape index (κ3) is 4.04. The number of anilines is 1. The summed E-state index contributed by atoms with van der Waals surface area (Å²) in [6, 6.07) is 29.0. The molecule has 0 atom stereocenters. The van der Waals surface area contributed by atoms with E-state index in [0.717, 1.165) is 44.8 Å². The van der Waals surface area contributed by atoms with Gasteiger partial charge in [-0.3, -0.25) is 0 Å². The monoisotopic (exact) mass is 435 g/mol. The van der Waals surface area contributed by atoms with Crippen molar-refractivity contribution in [2.75, 3.05) is 5.32 Å². The van der Waals surface area contributed by atoms with Gasteiger partial charge in [-0.25, -0.2) is 0 Å². The van der Waals surface area contributed by atoms with Crippen LogP contribution in [0.3, 0.4) is 0 Å². The van der Waals surface area contributed by atoms with Gasteiger partial charge in [0.05, 0.1) is 4.90 Å². The minimum Gasteiger partial charge on any atom is -0.506 e. The Morgan fingerprint density at radius 3 is 2.38 bits per heavy atom. The lowest BCUT2D eigenvalue weighted by atomic mass is 9.95. The lowest BCUT2D eigenvalue weighted by molar-refractivity contribution is 0.469. The summed E-state index contributed by atoms with van der Waals surface area (Å²) in [6.45, 7) is 2.18. The van der Waals surface area contributed by atoms with Crippen LogP contribution in [-0.2, 0) is 6.42 Å². The number of nitrogens with one attached hydrogen (secondary N) is 1. The summed E-state index contributed by atoms with van der Waals surface area (Å²) < 4.78 is 0. The van der Waals surface area contributed by atoms with Crippen molar-refractivity contribution in [2.45, 2.75) is 29.6 Å². The average Bonchev–Trinajstić information content (AvgIpc) is 2.81. The number of aryl methyl sites for hydroxylation is 1. The van der Waals surface area contributed by atoms with Crippen LogP contribution in [-0.4, -0.2) is 5.11 Å². The molecule has 0 fully saturated rings. The van der Waals surface area contributed by atoms with Crippen molar-refractivity contribution in [2.24, 2.45) is 0 Å². The van der Waals surface area contributed by atoms with Crippen molar-refractivity contribution < 1.29 is 5.11 Å². The fourth-order valence-corrected chi connectivity index (χ4v) is 4.90. The highest BCUT2D eigenvalue weighted by Gasteiger charge is 2.17. The number of benzene rings is 4. The number of allylic oxidation sites excluding steroid dienone is 3. The zero-order chi connectivity index (χ0) is 21.9. The second kappa shape index (κ2) is 8.97.